The SMILES string of the molecule is CC(C)NP(=O)(NC(=O)C(Cl)(Cl)Cl)NC(C)C. The van der Waals surface area contributed by atoms with Gasteiger partial charge in [-0.1, -0.05) is 34.8 Å². The minimum Gasteiger partial charge on any atom is -0.279 e. The lowest BCUT2D eigenvalue weighted by Crippen LogP contribution is -2.44. The Hall–Kier alpha value is 0.490. The average Bonchev–Trinajstić information content (AvgIpc) is 1.96. The molecule has 0 saturated heterocycles. The van der Waals surface area contributed by atoms with Crippen molar-refractivity contribution in [3.63, 3.8) is 0 Å². The van der Waals surface area contributed by atoms with Crippen LogP contribution in [0.25, 0.3) is 0 Å². The molecule has 0 atom stereocenters. The molecule has 0 bridgehead atoms. The van der Waals surface area contributed by atoms with Gasteiger partial charge in [-0.05, 0) is 27.7 Å². The number of alkyl halides is 3. The molecule has 0 rings (SSSR count). The molecule has 17 heavy (non-hydrogen) atoms. The molecular formula is C8H17Cl3N3O2P. The fraction of sp³-hybridized carbons (Fsp3) is 0.875. The molecule has 0 aliphatic heterocycles. The Morgan fingerprint density at radius 3 is 1.65 bits per heavy atom. The molecule has 0 heterocycles. The van der Waals surface area contributed by atoms with Gasteiger partial charge in [-0.25, -0.2) is 10.2 Å². The van der Waals surface area contributed by atoms with Gasteiger partial charge in [0.05, 0.1) is 0 Å². The van der Waals surface area contributed by atoms with Crippen LogP contribution in [0.5, 0.6) is 0 Å². The predicted molar refractivity (Wildman–Crippen MR) is 72.6 cm³/mol. The number of carbonyl (C=O) groups is 1. The highest BCUT2D eigenvalue weighted by atomic mass is 35.6. The van der Waals surface area contributed by atoms with E-state index in [0.717, 1.165) is 0 Å². The van der Waals surface area contributed by atoms with Crippen LogP contribution in [-0.2, 0) is 9.36 Å². The molecule has 0 unspecified atom stereocenters. The molecule has 0 aliphatic carbocycles. The average molecular weight is 325 g/mol. The van der Waals surface area contributed by atoms with Gasteiger partial charge >= 0.3 is 7.59 Å². The molecule has 102 valence electrons. The van der Waals surface area contributed by atoms with Crippen molar-refractivity contribution in [2.45, 2.75) is 43.6 Å². The third kappa shape index (κ3) is 7.50. The number of rotatable bonds is 5. The van der Waals surface area contributed by atoms with Crippen LogP contribution < -0.4 is 15.3 Å². The second-order valence-electron chi connectivity index (χ2n) is 4.12. The van der Waals surface area contributed by atoms with Crippen LogP contribution in [0.2, 0.25) is 0 Å². The second kappa shape index (κ2) is 6.60. The van der Waals surface area contributed by atoms with E-state index < -0.39 is 17.3 Å². The van der Waals surface area contributed by atoms with E-state index >= 15 is 0 Å². The fourth-order valence-electron chi connectivity index (χ4n) is 1.04. The Morgan fingerprint density at radius 2 is 1.41 bits per heavy atom. The molecule has 0 saturated carbocycles. The van der Waals surface area contributed by atoms with E-state index in [9.17, 15) is 9.36 Å². The summed E-state index contributed by atoms with van der Waals surface area (Å²) in [7, 11) is -3.34. The lowest BCUT2D eigenvalue weighted by atomic mass is 10.4. The smallest absolute Gasteiger partial charge is 0.279 e. The highest BCUT2D eigenvalue weighted by molar-refractivity contribution is 7.58. The molecule has 0 aromatic heterocycles. The van der Waals surface area contributed by atoms with E-state index in [2.05, 4.69) is 15.3 Å². The molecule has 0 aromatic rings. The van der Waals surface area contributed by atoms with Crippen molar-refractivity contribution in [2.24, 2.45) is 0 Å². The van der Waals surface area contributed by atoms with Crippen molar-refractivity contribution in [2.75, 3.05) is 0 Å². The summed E-state index contributed by atoms with van der Waals surface area (Å²) >= 11 is 16.2. The lowest BCUT2D eigenvalue weighted by molar-refractivity contribution is -0.118. The van der Waals surface area contributed by atoms with Gasteiger partial charge in [0.25, 0.3) is 9.70 Å². The molecule has 9 heteroatoms. The summed E-state index contributed by atoms with van der Waals surface area (Å²) in [6, 6.07) is -0.217. The van der Waals surface area contributed by atoms with Gasteiger partial charge in [0.2, 0.25) is 0 Å². The quantitative estimate of drug-likeness (QED) is 0.537. The normalized spacial score (nSPS) is 13.2. The molecule has 0 aromatic carbocycles. The van der Waals surface area contributed by atoms with Gasteiger partial charge in [0.1, 0.15) is 0 Å². The minimum absolute atomic E-state index is 0.109. The van der Waals surface area contributed by atoms with Crippen LogP contribution in [0.1, 0.15) is 27.7 Å². The Bertz CT molecular complexity index is 304. The zero-order valence-corrected chi connectivity index (χ0v) is 13.2. The van der Waals surface area contributed by atoms with Crippen molar-refractivity contribution in [1.82, 2.24) is 15.3 Å². The number of carbonyl (C=O) groups excluding carboxylic acids is 1. The maximum atomic E-state index is 12.4. The first-order chi connectivity index (χ1) is 7.46. The third-order valence-corrected chi connectivity index (χ3v) is 4.19. The van der Waals surface area contributed by atoms with E-state index in [-0.39, 0.29) is 12.1 Å². The Balaban J connectivity index is 4.83. The summed E-state index contributed by atoms with van der Waals surface area (Å²) in [5.74, 6) is -0.938. The zero-order chi connectivity index (χ0) is 13.9. The summed E-state index contributed by atoms with van der Waals surface area (Å²) in [4.78, 5) is 11.5. The lowest BCUT2D eigenvalue weighted by Gasteiger charge is -2.26. The van der Waals surface area contributed by atoms with Crippen molar-refractivity contribution >= 4 is 48.3 Å². The third-order valence-electron chi connectivity index (χ3n) is 1.40. The summed E-state index contributed by atoms with van der Waals surface area (Å²) < 4.78 is 10.2. The minimum atomic E-state index is -3.34. The summed E-state index contributed by atoms with van der Waals surface area (Å²) in [5, 5.41) is 7.65. The van der Waals surface area contributed by atoms with Crippen LogP contribution in [0.4, 0.5) is 0 Å². The van der Waals surface area contributed by atoms with E-state index in [1.165, 1.54) is 0 Å². The monoisotopic (exact) mass is 323 g/mol. The van der Waals surface area contributed by atoms with Gasteiger partial charge < -0.3 is 0 Å². The number of hydrogen-bond acceptors (Lipinski definition) is 2. The van der Waals surface area contributed by atoms with Crippen LogP contribution >= 0.6 is 42.4 Å². The Kier molecular flexibility index (Phi) is 6.79. The number of hydrogen-bond donors (Lipinski definition) is 3. The Morgan fingerprint density at radius 1 is 1.06 bits per heavy atom. The highest BCUT2D eigenvalue weighted by Crippen LogP contribution is 2.36. The Labute approximate surface area is 116 Å². The molecule has 0 spiro atoms. The summed E-state index contributed by atoms with van der Waals surface area (Å²) in [6.45, 7) is 7.15. The molecule has 0 radical (unpaired) electrons. The van der Waals surface area contributed by atoms with Crippen molar-refractivity contribution < 1.29 is 9.36 Å². The predicted octanol–water partition coefficient (Wildman–Crippen LogP) is 2.58. The molecule has 0 fully saturated rings. The number of nitrogens with one attached hydrogen (secondary N) is 3. The first-order valence-electron chi connectivity index (χ1n) is 5.01. The van der Waals surface area contributed by atoms with Gasteiger partial charge in [-0.3, -0.25) is 14.4 Å². The maximum Gasteiger partial charge on any atom is 0.306 e. The van der Waals surface area contributed by atoms with Gasteiger partial charge in [0, 0.05) is 12.1 Å². The van der Waals surface area contributed by atoms with Crippen LogP contribution in [-0.4, -0.2) is 21.8 Å². The number of halogens is 3. The standard InChI is InChI=1S/C8H17Cl3N3O2P/c1-5(2)12-17(16,13-6(3)4)14-7(15)8(9,10)11/h5-6H,1-4H3,(H3,12,13,14,15,16). The first kappa shape index (κ1) is 17.5. The van der Waals surface area contributed by atoms with Crippen LogP contribution in [0.15, 0.2) is 0 Å². The second-order valence-corrected chi connectivity index (χ2v) is 8.36. The summed E-state index contributed by atoms with van der Waals surface area (Å²) in [5.41, 5.74) is 0. The summed E-state index contributed by atoms with van der Waals surface area (Å²) in [6.07, 6.45) is 0. The van der Waals surface area contributed by atoms with Gasteiger partial charge in [-0.2, -0.15) is 0 Å². The highest BCUT2D eigenvalue weighted by Gasteiger charge is 2.36. The topological polar surface area (TPSA) is 70.2 Å². The molecule has 5 nitrogen and oxygen atoms in total. The molecule has 1 amide bonds. The van der Waals surface area contributed by atoms with E-state index in [1.807, 2.05) is 0 Å². The van der Waals surface area contributed by atoms with Crippen molar-refractivity contribution in [3.05, 3.63) is 0 Å². The van der Waals surface area contributed by atoms with Crippen molar-refractivity contribution in [3.8, 4) is 0 Å². The van der Waals surface area contributed by atoms with E-state index in [0.29, 0.717) is 0 Å². The van der Waals surface area contributed by atoms with Crippen molar-refractivity contribution in [1.29, 1.82) is 0 Å². The molecule has 3 N–H and O–H groups in total. The van der Waals surface area contributed by atoms with Crippen LogP contribution in [0, 0.1) is 0 Å². The van der Waals surface area contributed by atoms with E-state index in [4.69, 9.17) is 34.8 Å². The van der Waals surface area contributed by atoms with Gasteiger partial charge in [-0.15, -0.1) is 0 Å². The molecule has 0 aliphatic rings. The number of amides is 1. The van der Waals surface area contributed by atoms with E-state index in [1.54, 1.807) is 27.7 Å². The maximum absolute atomic E-state index is 12.4. The largest absolute Gasteiger partial charge is 0.306 e. The first-order valence-corrected chi connectivity index (χ1v) is 7.85. The van der Waals surface area contributed by atoms with Gasteiger partial charge in [0.15, 0.2) is 0 Å². The zero-order valence-electron chi connectivity index (χ0n) is 10.1. The molecular weight excluding hydrogens is 307 g/mol. The van der Waals surface area contributed by atoms with Crippen LogP contribution in [0.3, 0.4) is 0 Å². The fourth-order valence-corrected chi connectivity index (χ4v) is 3.49.